The minimum atomic E-state index is -0.653. The number of hydrogen-bond donors (Lipinski definition) is 3. The molecule has 0 bridgehead atoms. The zero-order chi connectivity index (χ0) is 19.6. The zero-order valence-electron chi connectivity index (χ0n) is 16.2. The van der Waals surface area contributed by atoms with Gasteiger partial charge in [-0.05, 0) is 24.1 Å². The fraction of sp³-hybridized carbons (Fsp3) is 0.550. The summed E-state index contributed by atoms with van der Waals surface area (Å²) in [5, 5.41) is 6.01. The SMILES string of the molecule is CCCCNC(=O)N1C[C@@H]2COC[C@]2(C(=O)NCc2ccc3nc[nH]c3c2)C1. The van der Waals surface area contributed by atoms with Gasteiger partial charge in [0.15, 0.2) is 0 Å². The summed E-state index contributed by atoms with van der Waals surface area (Å²) in [5.74, 6) is 0.00285. The third-order valence-corrected chi connectivity index (χ3v) is 5.86. The van der Waals surface area contributed by atoms with Crippen LogP contribution in [0, 0.1) is 11.3 Å². The molecule has 3 heterocycles. The number of carbonyl (C=O) groups is 2. The summed E-state index contributed by atoms with van der Waals surface area (Å²) in [6.07, 6.45) is 3.65. The lowest BCUT2D eigenvalue weighted by Gasteiger charge is -2.26. The third kappa shape index (κ3) is 3.44. The molecule has 2 aliphatic rings. The van der Waals surface area contributed by atoms with Gasteiger partial charge in [0.1, 0.15) is 0 Å². The Morgan fingerprint density at radius 1 is 1.39 bits per heavy atom. The van der Waals surface area contributed by atoms with Gasteiger partial charge in [-0.2, -0.15) is 0 Å². The highest BCUT2D eigenvalue weighted by atomic mass is 16.5. The Kier molecular flexibility index (Phi) is 5.21. The van der Waals surface area contributed by atoms with Crippen LogP contribution in [0.15, 0.2) is 24.5 Å². The molecule has 2 aromatic rings. The molecule has 0 radical (unpaired) electrons. The van der Waals surface area contributed by atoms with E-state index in [1.54, 1.807) is 11.2 Å². The molecule has 0 saturated carbocycles. The van der Waals surface area contributed by atoms with E-state index in [1.165, 1.54) is 0 Å². The van der Waals surface area contributed by atoms with E-state index < -0.39 is 5.41 Å². The number of likely N-dealkylation sites (tertiary alicyclic amines) is 1. The maximum atomic E-state index is 13.1. The van der Waals surface area contributed by atoms with Crippen LogP contribution in [-0.4, -0.2) is 59.7 Å². The van der Waals surface area contributed by atoms with Crippen molar-refractivity contribution in [2.45, 2.75) is 26.3 Å². The molecule has 1 aromatic carbocycles. The topological polar surface area (TPSA) is 99.3 Å². The van der Waals surface area contributed by atoms with Crippen LogP contribution in [0.25, 0.3) is 11.0 Å². The predicted molar refractivity (Wildman–Crippen MR) is 105 cm³/mol. The fourth-order valence-electron chi connectivity index (χ4n) is 4.15. The number of imidazole rings is 1. The quantitative estimate of drug-likeness (QED) is 0.658. The highest BCUT2D eigenvalue weighted by molar-refractivity contribution is 5.86. The van der Waals surface area contributed by atoms with Crippen molar-refractivity contribution in [1.82, 2.24) is 25.5 Å². The molecule has 2 aliphatic heterocycles. The monoisotopic (exact) mass is 385 g/mol. The Balaban J connectivity index is 1.39. The normalized spacial score (nSPS) is 23.8. The molecule has 0 unspecified atom stereocenters. The van der Waals surface area contributed by atoms with Crippen LogP contribution in [-0.2, 0) is 16.1 Å². The molecule has 1 aromatic heterocycles. The number of carbonyl (C=O) groups excluding carboxylic acids is 2. The highest BCUT2D eigenvalue weighted by Crippen LogP contribution is 2.41. The number of fused-ring (bicyclic) bond motifs is 2. The first kappa shape index (κ1) is 18.7. The van der Waals surface area contributed by atoms with Crippen molar-refractivity contribution in [1.29, 1.82) is 0 Å². The first-order chi connectivity index (χ1) is 13.6. The summed E-state index contributed by atoms with van der Waals surface area (Å²) in [6, 6.07) is 5.81. The standard InChI is InChI=1S/C20H27N5O3/c1-2-3-6-21-19(27)25-9-15-10-28-12-20(15,11-25)18(26)22-8-14-4-5-16-17(7-14)24-13-23-16/h4-5,7,13,15H,2-3,6,8-12H2,1H3,(H,21,27)(H,22,26)(H,23,24)/t15-,20-/m1/s1. The smallest absolute Gasteiger partial charge is 0.317 e. The average Bonchev–Trinajstić information content (AvgIpc) is 3.39. The molecule has 2 atom stereocenters. The van der Waals surface area contributed by atoms with Crippen molar-refractivity contribution in [3.63, 3.8) is 0 Å². The Morgan fingerprint density at radius 2 is 2.29 bits per heavy atom. The number of nitrogens with one attached hydrogen (secondary N) is 3. The van der Waals surface area contributed by atoms with Crippen molar-refractivity contribution >= 4 is 23.0 Å². The highest BCUT2D eigenvalue weighted by Gasteiger charge is 2.56. The van der Waals surface area contributed by atoms with E-state index >= 15 is 0 Å². The molecule has 3 amide bonds. The number of benzene rings is 1. The van der Waals surface area contributed by atoms with E-state index in [0.717, 1.165) is 29.4 Å². The molecule has 3 N–H and O–H groups in total. The number of nitrogens with zero attached hydrogens (tertiary/aromatic N) is 2. The summed E-state index contributed by atoms with van der Waals surface area (Å²) in [6.45, 7) is 5.04. The van der Waals surface area contributed by atoms with Crippen LogP contribution >= 0.6 is 0 Å². The molecular formula is C20H27N5O3. The molecular weight excluding hydrogens is 358 g/mol. The lowest BCUT2D eigenvalue weighted by atomic mass is 9.80. The number of aromatic amines is 1. The van der Waals surface area contributed by atoms with Crippen LogP contribution in [0.3, 0.4) is 0 Å². The molecule has 2 fully saturated rings. The van der Waals surface area contributed by atoms with E-state index in [4.69, 9.17) is 4.74 Å². The van der Waals surface area contributed by atoms with E-state index in [1.807, 2.05) is 18.2 Å². The summed E-state index contributed by atoms with van der Waals surface area (Å²) in [7, 11) is 0. The van der Waals surface area contributed by atoms with Crippen LogP contribution in [0.2, 0.25) is 0 Å². The second-order valence-electron chi connectivity index (χ2n) is 7.77. The summed E-state index contributed by atoms with van der Waals surface area (Å²) in [5.41, 5.74) is 2.20. The maximum absolute atomic E-state index is 13.1. The number of urea groups is 1. The van der Waals surface area contributed by atoms with Gasteiger partial charge in [0.25, 0.3) is 0 Å². The van der Waals surface area contributed by atoms with Crippen LogP contribution in [0.1, 0.15) is 25.3 Å². The van der Waals surface area contributed by atoms with Gasteiger partial charge in [-0.3, -0.25) is 4.79 Å². The Labute approximate surface area is 164 Å². The number of aromatic nitrogens is 2. The van der Waals surface area contributed by atoms with Crippen molar-refractivity contribution in [3.8, 4) is 0 Å². The molecule has 4 rings (SSSR count). The molecule has 0 spiro atoms. The molecule has 8 nitrogen and oxygen atoms in total. The Morgan fingerprint density at radius 3 is 3.14 bits per heavy atom. The van der Waals surface area contributed by atoms with Gasteiger partial charge >= 0.3 is 6.03 Å². The van der Waals surface area contributed by atoms with Crippen molar-refractivity contribution in [3.05, 3.63) is 30.1 Å². The van der Waals surface area contributed by atoms with Crippen molar-refractivity contribution in [2.75, 3.05) is 32.8 Å². The van der Waals surface area contributed by atoms with Crippen molar-refractivity contribution in [2.24, 2.45) is 11.3 Å². The maximum Gasteiger partial charge on any atom is 0.317 e. The second-order valence-corrected chi connectivity index (χ2v) is 7.77. The first-order valence-corrected chi connectivity index (χ1v) is 9.93. The number of ether oxygens (including phenoxy) is 1. The Bertz CT molecular complexity index is 866. The molecule has 0 aliphatic carbocycles. The minimum absolute atomic E-state index is 0.0384. The lowest BCUT2D eigenvalue weighted by Crippen LogP contribution is -2.47. The zero-order valence-corrected chi connectivity index (χ0v) is 16.2. The predicted octanol–water partition coefficient (Wildman–Crippen LogP) is 1.64. The minimum Gasteiger partial charge on any atom is -0.380 e. The molecule has 2 saturated heterocycles. The van der Waals surface area contributed by atoms with E-state index in [9.17, 15) is 9.59 Å². The first-order valence-electron chi connectivity index (χ1n) is 9.93. The number of unbranched alkanes of at least 4 members (excludes halogenated alkanes) is 1. The number of amides is 3. The van der Waals surface area contributed by atoms with E-state index in [2.05, 4.69) is 27.5 Å². The van der Waals surface area contributed by atoms with Gasteiger partial charge < -0.3 is 25.3 Å². The molecule has 28 heavy (non-hydrogen) atoms. The number of H-pyrrole nitrogens is 1. The van der Waals surface area contributed by atoms with Gasteiger partial charge in [0.2, 0.25) is 5.91 Å². The average molecular weight is 385 g/mol. The fourth-order valence-corrected chi connectivity index (χ4v) is 4.15. The summed E-state index contributed by atoms with van der Waals surface area (Å²) < 4.78 is 5.63. The van der Waals surface area contributed by atoms with Gasteiger partial charge in [-0.1, -0.05) is 19.4 Å². The lowest BCUT2D eigenvalue weighted by molar-refractivity contribution is -0.131. The summed E-state index contributed by atoms with van der Waals surface area (Å²) in [4.78, 5) is 34.6. The van der Waals surface area contributed by atoms with Crippen LogP contribution in [0.4, 0.5) is 4.79 Å². The van der Waals surface area contributed by atoms with Gasteiger partial charge in [0, 0.05) is 32.1 Å². The third-order valence-electron chi connectivity index (χ3n) is 5.86. The number of hydrogen-bond acceptors (Lipinski definition) is 4. The van der Waals surface area contributed by atoms with E-state index in [0.29, 0.717) is 39.4 Å². The number of rotatable bonds is 6. The Hall–Kier alpha value is -2.61. The van der Waals surface area contributed by atoms with Crippen LogP contribution < -0.4 is 10.6 Å². The van der Waals surface area contributed by atoms with Gasteiger partial charge in [-0.15, -0.1) is 0 Å². The largest absolute Gasteiger partial charge is 0.380 e. The van der Waals surface area contributed by atoms with Crippen LogP contribution in [0.5, 0.6) is 0 Å². The second kappa shape index (κ2) is 7.79. The molecule has 150 valence electrons. The van der Waals surface area contributed by atoms with E-state index in [-0.39, 0.29) is 17.9 Å². The molecule has 8 heteroatoms. The summed E-state index contributed by atoms with van der Waals surface area (Å²) >= 11 is 0. The van der Waals surface area contributed by atoms with Gasteiger partial charge in [-0.25, -0.2) is 9.78 Å². The van der Waals surface area contributed by atoms with Crippen molar-refractivity contribution < 1.29 is 14.3 Å². The van der Waals surface area contributed by atoms with Gasteiger partial charge in [0.05, 0.1) is 36.0 Å².